The normalized spacial score (nSPS) is 14.6. The van der Waals surface area contributed by atoms with Gasteiger partial charge in [-0.1, -0.05) is 27.7 Å². The first-order valence-corrected chi connectivity index (χ1v) is 7.84. The highest BCUT2D eigenvalue weighted by Crippen LogP contribution is 2.32. The van der Waals surface area contributed by atoms with Gasteiger partial charge in [-0.25, -0.2) is 0 Å². The Labute approximate surface area is 128 Å². The van der Waals surface area contributed by atoms with Crippen LogP contribution >= 0.6 is 0 Å². The lowest BCUT2D eigenvalue weighted by molar-refractivity contribution is -0.146. The molecule has 124 valence electrons. The Hall–Kier alpha value is -1.10. The van der Waals surface area contributed by atoms with Gasteiger partial charge in [0.05, 0.1) is 0 Å². The first-order chi connectivity index (χ1) is 9.63. The Morgan fingerprint density at radius 2 is 1.81 bits per heavy atom. The molecule has 0 bridgehead atoms. The fraction of sp³-hybridized carbons (Fsp3) is 0.875. The van der Waals surface area contributed by atoms with E-state index in [1.54, 1.807) is 0 Å². The summed E-state index contributed by atoms with van der Waals surface area (Å²) >= 11 is 0. The summed E-state index contributed by atoms with van der Waals surface area (Å²) in [4.78, 5) is 24.7. The van der Waals surface area contributed by atoms with Gasteiger partial charge in [0.25, 0.3) is 0 Å². The van der Waals surface area contributed by atoms with Crippen molar-refractivity contribution in [3.05, 3.63) is 0 Å². The van der Waals surface area contributed by atoms with Crippen molar-refractivity contribution >= 4 is 11.9 Å². The maximum atomic E-state index is 12.3. The number of carboxylic acids is 1. The molecule has 0 saturated carbocycles. The van der Waals surface area contributed by atoms with Crippen molar-refractivity contribution in [2.24, 2.45) is 17.1 Å². The van der Waals surface area contributed by atoms with Crippen molar-refractivity contribution in [2.75, 3.05) is 13.1 Å². The maximum absolute atomic E-state index is 12.3. The van der Waals surface area contributed by atoms with E-state index in [1.165, 1.54) is 4.90 Å². The van der Waals surface area contributed by atoms with Crippen LogP contribution in [0.25, 0.3) is 0 Å². The van der Waals surface area contributed by atoms with Crippen molar-refractivity contribution in [3.8, 4) is 0 Å². The molecule has 0 aliphatic heterocycles. The molecule has 0 fully saturated rings. The maximum Gasteiger partial charge on any atom is 0.323 e. The number of rotatable bonds is 9. The van der Waals surface area contributed by atoms with Gasteiger partial charge in [-0.2, -0.15) is 0 Å². The topological polar surface area (TPSA) is 83.6 Å². The number of nitrogens with zero attached hydrogens (tertiary/aromatic N) is 1. The highest BCUT2D eigenvalue weighted by Gasteiger charge is 2.27. The summed E-state index contributed by atoms with van der Waals surface area (Å²) in [6.07, 6.45) is 2.79. The van der Waals surface area contributed by atoms with Gasteiger partial charge in [0.15, 0.2) is 0 Å². The Morgan fingerprint density at radius 1 is 1.24 bits per heavy atom. The van der Waals surface area contributed by atoms with E-state index in [4.69, 9.17) is 10.8 Å². The summed E-state index contributed by atoms with van der Waals surface area (Å²) in [5.74, 6) is -0.661. The van der Waals surface area contributed by atoms with Crippen molar-refractivity contribution in [2.45, 2.75) is 66.3 Å². The Bertz CT molecular complexity index is 337. The van der Waals surface area contributed by atoms with Crippen LogP contribution in [0.5, 0.6) is 0 Å². The summed E-state index contributed by atoms with van der Waals surface area (Å²) in [6.45, 7) is 10.7. The smallest absolute Gasteiger partial charge is 0.323 e. The average molecular weight is 300 g/mol. The monoisotopic (exact) mass is 300 g/mol. The van der Waals surface area contributed by atoms with Crippen LogP contribution < -0.4 is 5.73 Å². The molecule has 5 nitrogen and oxygen atoms in total. The molecule has 0 aromatic rings. The molecule has 0 saturated heterocycles. The molecular formula is C16H32N2O3. The predicted molar refractivity (Wildman–Crippen MR) is 85.0 cm³/mol. The van der Waals surface area contributed by atoms with Gasteiger partial charge >= 0.3 is 5.97 Å². The van der Waals surface area contributed by atoms with E-state index in [0.29, 0.717) is 18.9 Å². The second-order valence-corrected chi connectivity index (χ2v) is 6.85. The van der Waals surface area contributed by atoms with Gasteiger partial charge in [0, 0.05) is 12.5 Å². The summed E-state index contributed by atoms with van der Waals surface area (Å²) in [5.41, 5.74) is 5.76. The number of hydrogen-bond donors (Lipinski definition) is 2. The van der Waals surface area contributed by atoms with E-state index in [1.807, 2.05) is 13.8 Å². The van der Waals surface area contributed by atoms with E-state index in [9.17, 15) is 9.59 Å². The van der Waals surface area contributed by atoms with Crippen LogP contribution in [0.3, 0.4) is 0 Å². The Balaban J connectivity index is 4.70. The fourth-order valence-electron chi connectivity index (χ4n) is 2.51. The number of carboxylic acid groups (broad SMARTS) is 1. The molecule has 0 rings (SSSR count). The highest BCUT2D eigenvalue weighted by atomic mass is 16.4. The first kappa shape index (κ1) is 19.9. The minimum Gasteiger partial charge on any atom is -0.480 e. The largest absolute Gasteiger partial charge is 0.480 e. The zero-order valence-corrected chi connectivity index (χ0v) is 14.2. The molecule has 0 spiro atoms. The summed E-state index contributed by atoms with van der Waals surface area (Å²) in [5, 5.41) is 8.96. The second kappa shape index (κ2) is 9.03. The van der Waals surface area contributed by atoms with E-state index in [-0.39, 0.29) is 23.9 Å². The highest BCUT2D eigenvalue weighted by molar-refractivity contribution is 5.81. The lowest BCUT2D eigenvalue weighted by atomic mass is 9.76. The molecule has 0 radical (unpaired) electrons. The SMILES string of the molecule is CCC(C)N(CC(=O)O)C(=O)CCC(CCN)C(C)(C)C. The lowest BCUT2D eigenvalue weighted by Crippen LogP contribution is -2.42. The number of hydrogen-bond acceptors (Lipinski definition) is 3. The number of carbonyl (C=O) groups is 2. The molecule has 0 aliphatic rings. The zero-order chi connectivity index (χ0) is 16.6. The molecular weight excluding hydrogens is 268 g/mol. The van der Waals surface area contributed by atoms with Crippen LogP contribution in [0.15, 0.2) is 0 Å². The molecule has 1 amide bonds. The van der Waals surface area contributed by atoms with Crippen molar-refractivity contribution in [3.63, 3.8) is 0 Å². The number of nitrogens with two attached hydrogens (primary N) is 1. The van der Waals surface area contributed by atoms with Crippen LogP contribution in [0.1, 0.15) is 60.3 Å². The van der Waals surface area contributed by atoms with Crippen LogP contribution in [0, 0.1) is 11.3 Å². The molecule has 2 atom stereocenters. The molecule has 0 aromatic carbocycles. The van der Waals surface area contributed by atoms with Crippen LogP contribution in [-0.2, 0) is 9.59 Å². The van der Waals surface area contributed by atoms with Crippen LogP contribution in [-0.4, -0.2) is 41.0 Å². The molecule has 0 heterocycles. The fourth-order valence-corrected chi connectivity index (χ4v) is 2.51. The second-order valence-electron chi connectivity index (χ2n) is 6.85. The quantitative estimate of drug-likeness (QED) is 0.685. The van der Waals surface area contributed by atoms with E-state index in [2.05, 4.69) is 20.8 Å². The van der Waals surface area contributed by atoms with E-state index < -0.39 is 5.97 Å². The third kappa shape index (κ3) is 7.46. The lowest BCUT2D eigenvalue weighted by Gasteiger charge is -2.32. The van der Waals surface area contributed by atoms with E-state index >= 15 is 0 Å². The Kier molecular flexibility index (Phi) is 8.55. The molecule has 2 unspecified atom stereocenters. The van der Waals surface area contributed by atoms with Gasteiger partial charge in [-0.15, -0.1) is 0 Å². The standard InChI is InChI=1S/C16H32N2O3/c1-6-12(2)18(11-15(20)21)14(19)8-7-13(9-10-17)16(3,4)5/h12-13H,6-11,17H2,1-5H3,(H,20,21). The number of aliphatic carboxylic acids is 1. The molecule has 0 aliphatic carbocycles. The van der Waals surface area contributed by atoms with Crippen molar-refractivity contribution < 1.29 is 14.7 Å². The summed E-state index contributed by atoms with van der Waals surface area (Å²) < 4.78 is 0. The summed E-state index contributed by atoms with van der Waals surface area (Å²) in [7, 11) is 0. The molecule has 0 aromatic heterocycles. The van der Waals surface area contributed by atoms with Gasteiger partial charge in [-0.05, 0) is 44.1 Å². The van der Waals surface area contributed by atoms with Crippen LogP contribution in [0.2, 0.25) is 0 Å². The van der Waals surface area contributed by atoms with Gasteiger partial charge < -0.3 is 15.7 Å². The molecule has 5 heteroatoms. The van der Waals surface area contributed by atoms with Crippen molar-refractivity contribution in [1.29, 1.82) is 0 Å². The molecule has 21 heavy (non-hydrogen) atoms. The summed E-state index contributed by atoms with van der Waals surface area (Å²) in [6, 6.07) is -0.0452. The first-order valence-electron chi connectivity index (χ1n) is 7.84. The van der Waals surface area contributed by atoms with E-state index in [0.717, 1.165) is 19.3 Å². The third-order valence-corrected chi connectivity index (χ3v) is 4.20. The average Bonchev–Trinajstić information content (AvgIpc) is 2.37. The number of carbonyl (C=O) groups excluding carboxylic acids is 1. The molecule has 3 N–H and O–H groups in total. The third-order valence-electron chi connectivity index (χ3n) is 4.20. The Morgan fingerprint density at radius 3 is 2.19 bits per heavy atom. The predicted octanol–water partition coefficient (Wildman–Crippen LogP) is 2.49. The minimum atomic E-state index is -0.960. The van der Waals surface area contributed by atoms with Gasteiger partial charge in [0.2, 0.25) is 5.91 Å². The minimum absolute atomic E-state index is 0.0452. The van der Waals surface area contributed by atoms with Gasteiger partial charge in [0.1, 0.15) is 6.54 Å². The number of amides is 1. The van der Waals surface area contributed by atoms with Crippen LogP contribution in [0.4, 0.5) is 0 Å². The van der Waals surface area contributed by atoms with Gasteiger partial charge in [-0.3, -0.25) is 9.59 Å². The van der Waals surface area contributed by atoms with Crippen molar-refractivity contribution in [1.82, 2.24) is 4.90 Å². The zero-order valence-electron chi connectivity index (χ0n) is 14.2.